The lowest BCUT2D eigenvalue weighted by atomic mass is 10.0. The Labute approximate surface area is 117 Å². The molecule has 0 radical (unpaired) electrons. The van der Waals surface area contributed by atoms with Crippen molar-refractivity contribution < 1.29 is 19.4 Å². The number of aromatic hydroxyl groups is 1. The summed E-state index contributed by atoms with van der Waals surface area (Å²) in [7, 11) is 1.38. The van der Waals surface area contributed by atoms with Gasteiger partial charge in [-0.15, -0.1) is 0 Å². The first-order valence-corrected chi connectivity index (χ1v) is 7.06. The number of thioether (sulfide) groups is 1. The molecule has 5 heteroatoms. The van der Waals surface area contributed by atoms with Gasteiger partial charge in [-0.25, -0.2) is 0 Å². The van der Waals surface area contributed by atoms with Gasteiger partial charge in [-0.2, -0.15) is 0 Å². The molecule has 1 unspecified atom stereocenters. The average Bonchev–Trinajstić information content (AvgIpc) is 2.84. The van der Waals surface area contributed by atoms with Gasteiger partial charge in [0, 0.05) is 18.4 Å². The van der Waals surface area contributed by atoms with Gasteiger partial charge >= 0.3 is 5.97 Å². The zero-order valence-corrected chi connectivity index (χ0v) is 12.4. The largest absolute Gasteiger partial charge is 0.507 e. The van der Waals surface area contributed by atoms with E-state index in [9.17, 15) is 9.90 Å². The van der Waals surface area contributed by atoms with Crippen LogP contribution in [0.2, 0.25) is 0 Å². The first-order valence-electron chi connectivity index (χ1n) is 6.18. The number of carbonyl (C=O) groups is 1. The maximum absolute atomic E-state index is 11.2. The van der Waals surface area contributed by atoms with E-state index in [0.29, 0.717) is 18.6 Å². The standard InChI is InChI=1S/C14H18O4S/c1-7-8(2)13-14(9(3)12(7)16)19-11(18-13)6-5-10(15)17-4/h11,16H,5-6H2,1-4H3. The highest BCUT2D eigenvalue weighted by Crippen LogP contribution is 2.50. The monoisotopic (exact) mass is 282 g/mol. The van der Waals surface area contributed by atoms with Crippen molar-refractivity contribution in [1.29, 1.82) is 0 Å². The third kappa shape index (κ3) is 2.52. The van der Waals surface area contributed by atoms with E-state index in [1.165, 1.54) is 7.11 Å². The second-order valence-corrected chi connectivity index (χ2v) is 5.83. The molecule has 4 nitrogen and oxygen atoms in total. The minimum Gasteiger partial charge on any atom is -0.507 e. The van der Waals surface area contributed by atoms with E-state index in [1.54, 1.807) is 11.8 Å². The molecule has 0 aromatic heterocycles. The summed E-state index contributed by atoms with van der Waals surface area (Å²) in [4.78, 5) is 12.1. The Morgan fingerprint density at radius 3 is 2.63 bits per heavy atom. The number of phenols is 1. The predicted octanol–water partition coefficient (Wildman–Crippen LogP) is 3.08. The summed E-state index contributed by atoms with van der Waals surface area (Å²) in [6, 6.07) is 0. The molecule has 1 N–H and O–H groups in total. The zero-order valence-electron chi connectivity index (χ0n) is 11.6. The molecule has 1 aliphatic rings. The van der Waals surface area contributed by atoms with Crippen LogP contribution >= 0.6 is 11.8 Å². The number of carbonyl (C=O) groups excluding carboxylic acids is 1. The van der Waals surface area contributed by atoms with Gasteiger partial charge < -0.3 is 14.6 Å². The molecular weight excluding hydrogens is 264 g/mol. The van der Waals surface area contributed by atoms with Crippen molar-refractivity contribution in [2.75, 3.05) is 7.11 Å². The quantitative estimate of drug-likeness (QED) is 0.863. The fourth-order valence-corrected chi connectivity index (χ4v) is 3.33. The molecule has 1 atom stereocenters. The molecule has 104 valence electrons. The van der Waals surface area contributed by atoms with Gasteiger partial charge in [-0.1, -0.05) is 11.8 Å². The number of esters is 1. The summed E-state index contributed by atoms with van der Waals surface area (Å²) >= 11 is 1.56. The van der Waals surface area contributed by atoms with E-state index in [1.807, 2.05) is 20.8 Å². The third-order valence-electron chi connectivity index (χ3n) is 3.47. The Morgan fingerprint density at radius 2 is 2.00 bits per heavy atom. The molecule has 0 aliphatic carbocycles. The second kappa shape index (κ2) is 5.33. The molecule has 1 heterocycles. The summed E-state index contributed by atoms with van der Waals surface area (Å²) in [6.07, 6.45) is 0.940. The lowest BCUT2D eigenvalue weighted by Gasteiger charge is -2.12. The minimum absolute atomic E-state index is 0.0901. The molecule has 1 aromatic rings. The van der Waals surface area contributed by atoms with Crippen LogP contribution in [0, 0.1) is 20.8 Å². The second-order valence-electron chi connectivity index (χ2n) is 4.66. The summed E-state index contributed by atoms with van der Waals surface area (Å²) in [5, 5.41) is 10.1. The summed E-state index contributed by atoms with van der Waals surface area (Å²) in [5.74, 6) is 0.946. The highest BCUT2D eigenvalue weighted by molar-refractivity contribution is 8.00. The predicted molar refractivity (Wildman–Crippen MR) is 73.8 cm³/mol. The van der Waals surface area contributed by atoms with Crippen LogP contribution in [0.5, 0.6) is 11.5 Å². The van der Waals surface area contributed by atoms with Crippen LogP contribution in [0.3, 0.4) is 0 Å². The van der Waals surface area contributed by atoms with Crippen molar-refractivity contribution in [3.05, 3.63) is 16.7 Å². The smallest absolute Gasteiger partial charge is 0.305 e. The Balaban J connectivity index is 2.18. The lowest BCUT2D eigenvalue weighted by Crippen LogP contribution is -2.11. The molecule has 1 aromatic carbocycles. The van der Waals surface area contributed by atoms with Crippen LogP contribution in [-0.2, 0) is 9.53 Å². The molecule has 0 spiro atoms. The van der Waals surface area contributed by atoms with E-state index in [-0.39, 0.29) is 11.4 Å². The van der Waals surface area contributed by atoms with Gasteiger partial charge in [-0.05, 0) is 31.9 Å². The fraction of sp³-hybridized carbons (Fsp3) is 0.500. The van der Waals surface area contributed by atoms with Crippen molar-refractivity contribution in [3.63, 3.8) is 0 Å². The van der Waals surface area contributed by atoms with Gasteiger partial charge in [0.25, 0.3) is 0 Å². The maximum atomic E-state index is 11.2. The number of rotatable bonds is 3. The van der Waals surface area contributed by atoms with Gasteiger partial charge in [0.1, 0.15) is 16.9 Å². The van der Waals surface area contributed by atoms with Crippen LogP contribution in [0.25, 0.3) is 0 Å². The number of methoxy groups -OCH3 is 1. The van der Waals surface area contributed by atoms with Gasteiger partial charge in [0.05, 0.1) is 12.0 Å². The lowest BCUT2D eigenvalue weighted by molar-refractivity contribution is -0.140. The fourth-order valence-electron chi connectivity index (χ4n) is 2.10. The third-order valence-corrected chi connectivity index (χ3v) is 4.79. The highest BCUT2D eigenvalue weighted by Gasteiger charge is 2.30. The maximum Gasteiger partial charge on any atom is 0.305 e. The van der Waals surface area contributed by atoms with Crippen LogP contribution in [0.15, 0.2) is 4.90 Å². The number of phenolic OH excluding ortho intramolecular Hbond substituents is 1. The molecule has 19 heavy (non-hydrogen) atoms. The highest BCUT2D eigenvalue weighted by atomic mass is 32.2. The van der Waals surface area contributed by atoms with Crippen LogP contribution in [0.4, 0.5) is 0 Å². The van der Waals surface area contributed by atoms with Gasteiger partial charge in [0.15, 0.2) is 0 Å². The van der Waals surface area contributed by atoms with Crippen molar-refractivity contribution in [2.24, 2.45) is 0 Å². The molecule has 0 amide bonds. The van der Waals surface area contributed by atoms with Crippen LogP contribution < -0.4 is 4.74 Å². The molecule has 0 bridgehead atoms. The molecular formula is C14H18O4S. The molecule has 0 saturated heterocycles. The first-order chi connectivity index (χ1) is 8.95. The van der Waals surface area contributed by atoms with Crippen molar-refractivity contribution in [1.82, 2.24) is 0 Å². The van der Waals surface area contributed by atoms with Crippen LogP contribution in [-0.4, -0.2) is 23.6 Å². The summed E-state index contributed by atoms with van der Waals surface area (Å²) < 4.78 is 10.5. The first kappa shape index (κ1) is 14.1. The number of hydrogen-bond acceptors (Lipinski definition) is 5. The van der Waals surface area contributed by atoms with E-state index in [4.69, 9.17) is 4.74 Å². The minimum atomic E-state index is -0.229. The molecule has 0 saturated carbocycles. The number of fused-ring (bicyclic) bond motifs is 1. The van der Waals surface area contributed by atoms with Crippen molar-refractivity contribution in [2.45, 2.75) is 43.9 Å². The van der Waals surface area contributed by atoms with E-state index >= 15 is 0 Å². The van der Waals surface area contributed by atoms with Crippen molar-refractivity contribution >= 4 is 17.7 Å². The Morgan fingerprint density at radius 1 is 1.32 bits per heavy atom. The van der Waals surface area contributed by atoms with Crippen molar-refractivity contribution in [3.8, 4) is 11.5 Å². The van der Waals surface area contributed by atoms with E-state index in [2.05, 4.69) is 4.74 Å². The average molecular weight is 282 g/mol. The summed E-state index contributed by atoms with van der Waals surface area (Å²) in [5.41, 5.74) is 2.58. The Hall–Kier alpha value is -1.36. The van der Waals surface area contributed by atoms with Crippen LogP contribution in [0.1, 0.15) is 29.5 Å². The topological polar surface area (TPSA) is 55.8 Å². The molecule has 2 rings (SSSR count). The van der Waals surface area contributed by atoms with E-state index < -0.39 is 0 Å². The van der Waals surface area contributed by atoms with E-state index in [0.717, 1.165) is 27.3 Å². The SMILES string of the molecule is COC(=O)CCC1Oc2c(C)c(C)c(O)c(C)c2S1. The molecule has 1 aliphatic heterocycles. The van der Waals surface area contributed by atoms with Gasteiger partial charge in [0.2, 0.25) is 0 Å². The Bertz CT molecular complexity index is 488. The molecule has 0 fully saturated rings. The zero-order chi connectivity index (χ0) is 14.2. The van der Waals surface area contributed by atoms with Gasteiger partial charge in [-0.3, -0.25) is 4.79 Å². The number of benzene rings is 1. The number of hydrogen-bond donors (Lipinski definition) is 1. The summed E-state index contributed by atoms with van der Waals surface area (Å²) in [6.45, 7) is 5.71. The Kier molecular flexibility index (Phi) is 3.94. The normalized spacial score (nSPS) is 16.9. The number of ether oxygens (including phenoxy) is 2.